The summed E-state index contributed by atoms with van der Waals surface area (Å²) in [7, 11) is 0. The second-order valence-electron chi connectivity index (χ2n) is 9.54. The highest BCUT2D eigenvalue weighted by Gasteiger charge is 2.16. The van der Waals surface area contributed by atoms with E-state index in [4.69, 9.17) is 4.98 Å². The standard InChI is InChI=1S/C30H25N9/c1-19-17-39(18-34-19)26-9-5-8-25-28(26)36-30(35-25)27-24-11-23(16-33-29(24)38-37-27)22-10-21(14-32-15-22)13-31-12-20-6-3-2-4-7-20/h2-11,14-18,31H,12-13H2,1H3,(H,35,36)(H,33,37,38). The number of hydrogen-bond acceptors (Lipinski definition) is 6. The molecule has 0 saturated heterocycles. The summed E-state index contributed by atoms with van der Waals surface area (Å²) < 4.78 is 1.99. The van der Waals surface area contributed by atoms with Crippen molar-refractivity contribution in [2.24, 2.45) is 0 Å². The lowest BCUT2D eigenvalue weighted by Crippen LogP contribution is -2.12. The van der Waals surface area contributed by atoms with Crippen LogP contribution in [0.5, 0.6) is 0 Å². The van der Waals surface area contributed by atoms with Crippen molar-refractivity contribution in [1.82, 2.24) is 45.0 Å². The van der Waals surface area contributed by atoms with Crippen molar-refractivity contribution < 1.29 is 0 Å². The molecule has 0 aliphatic carbocycles. The molecule has 0 atom stereocenters. The average Bonchev–Trinajstić information content (AvgIpc) is 3.71. The first kappa shape index (κ1) is 23.0. The Bertz CT molecular complexity index is 1910. The number of aryl methyl sites for hydroxylation is 1. The number of nitrogens with one attached hydrogen (secondary N) is 3. The number of hydrogen-bond donors (Lipinski definition) is 3. The zero-order valence-corrected chi connectivity index (χ0v) is 21.3. The molecular formula is C30H25N9. The lowest BCUT2D eigenvalue weighted by molar-refractivity contribution is 0.691. The fraction of sp³-hybridized carbons (Fsp3) is 0.100. The summed E-state index contributed by atoms with van der Waals surface area (Å²) in [5, 5.41) is 12.0. The van der Waals surface area contributed by atoms with Gasteiger partial charge in [0, 0.05) is 49.0 Å². The first-order valence-electron chi connectivity index (χ1n) is 12.7. The summed E-state index contributed by atoms with van der Waals surface area (Å²) in [6.07, 6.45) is 9.40. The molecule has 9 heteroatoms. The summed E-state index contributed by atoms with van der Waals surface area (Å²) in [5.41, 5.74) is 9.43. The second-order valence-corrected chi connectivity index (χ2v) is 9.54. The van der Waals surface area contributed by atoms with Crippen molar-refractivity contribution in [3.8, 4) is 28.3 Å². The monoisotopic (exact) mass is 511 g/mol. The number of rotatable bonds is 7. The van der Waals surface area contributed by atoms with Crippen LogP contribution in [0.15, 0.2) is 91.8 Å². The first-order chi connectivity index (χ1) is 19.2. The van der Waals surface area contributed by atoms with Crippen LogP contribution in [0, 0.1) is 6.92 Å². The summed E-state index contributed by atoms with van der Waals surface area (Å²) >= 11 is 0. The Labute approximate surface area is 224 Å². The minimum atomic E-state index is 0.677. The van der Waals surface area contributed by atoms with Gasteiger partial charge >= 0.3 is 0 Å². The molecule has 9 nitrogen and oxygen atoms in total. The van der Waals surface area contributed by atoms with Crippen LogP contribution >= 0.6 is 0 Å². The Morgan fingerprint density at radius 3 is 2.62 bits per heavy atom. The van der Waals surface area contributed by atoms with Crippen molar-refractivity contribution in [2.75, 3.05) is 0 Å². The number of imidazole rings is 2. The van der Waals surface area contributed by atoms with Crippen LogP contribution in [0.2, 0.25) is 0 Å². The Kier molecular flexibility index (Phi) is 5.68. The summed E-state index contributed by atoms with van der Waals surface area (Å²) in [6.45, 7) is 3.50. The molecule has 0 saturated carbocycles. The van der Waals surface area contributed by atoms with E-state index in [0.29, 0.717) is 11.5 Å². The van der Waals surface area contributed by atoms with E-state index in [2.05, 4.69) is 71.8 Å². The number of fused-ring (bicyclic) bond motifs is 2. The molecule has 5 heterocycles. The highest BCUT2D eigenvalue weighted by Crippen LogP contribution is 2.30. The van der Waals surface area contributed by atoms with Gasteiger partial charge in [0.25, 0.3) is 0 Å². The molecule has 2 aromatic carbocycles. The van der Waals surface area contributed by atoms with Crippen LogP contribution < -0.4 is 5.32 Å². The maximum Gasteiger partial charge on any atom is 0.159 e. The largest absolute Gasteiger partial charge is 0.336 e. The topological polar surface area (TPSA) is 113 Å². The maximum absolute atomic E-state index is 4.93. The van der Waals surface area contributed by atoms with E-state index < -0.39 is 0 Å². The van der Waals surface area contributed by atoms with Crippen molar-refractivity contribution in [3.63, 3.8) is 0 Å². The molecule has 0 fully saturated rings. The van der Waals surface area contributed by atoms with Crippen molar-refractivity contribution in [1.29, 1.82) is 0 Å². The fourth-order valence-electron chi connectivity index (χ4n) is 4.82. The summed E-state index contributed by atoms with van der Waals surface area (Å²) in [5.74, 6) is 0.677. The molecule has 7 rings (SSSR count). The molecule has 7 aromatic rings. The number of aromatic nitrogens is 8. The van der Waals surface area contributed by atoms with Gasteiger partial charge in [-0.2, -0.15) is 5.10 Å². The predicted octanol–water partition coefficient (Wildman–Crippen LogP) is 5.35. The zero-order valence-electron chi connectivity index (χ0n) is 21.3. The number of nitrogens with zero attached hydrogens (tertiary/aromatic N) is 6. The van der Waals surface area contributed by atoms with Gasteiger partial charge in [-0.05, 0) is 42.3 Å². The Hall–Kier alpha value is -5.15. The van der Waals surface area contributed by atoms with Gasteiger partial charge in [-0.15, -0.1) is 0 Å². The number of aromatic amines is 2. The minimum Gasteiger partial charge on any atom is -0.336 e. The molecule has 3 N–H and O–H groups in total. The van der Waals surface area contributed by atoms with E-state index in [0.717, 1.165) is 63.3 Å². The molecule has 0 radical (unpaired) electrons. The number of para-hydroxylation sites is 1. The highest BCUT2D eigenvalue weighted by atomic mass is 15.2. The molecule has 39 heavy (non-hydrogen) atoms. The molecule has 0 amide bonds. The van der Waals surface area contributed by atoms with Crippen molar-refractivity contribution >= 4 is 22.1 Å². The third-order valence-electron chi connectivity index (χ3n) is 6.75. The first-order valence-corrected chi connectivity index (χ1v) is 12.7. The minimum absolute atomic E-state index is 0.677. The van der Waals surface area contributed by atoms with Gasteiger partial charge in [-0.1, -0.05) is 36.4 Å². The van der Waals surface area contributed by atoms with E-state index in [1.165, 1.54) is 5.56 Å². The van der Waals surface area contributed by atoms with Gasteiger partial charge < -0.3 is 14.9 Å². The summed E-state index contributed by atoms with van der Waals surface area (Å²) in [4.78, 5) is 21.9. The van der Waals surface area contributed by atoms with Crippen molar-refractivity contribution in [2.45, 2.75) is 20.0 Å². The van der Waals surface area contributed by atoms with Crippen LogP contribution in [-0.4, -0.2) is 39.7 Å². The number of pyridine rings is 2. The van der Waals surface area contributed by atoms with E-state index in [1.54, 1.807) is 6.33 Å². The van der Waals surface area contributed by atoms with Gasteiger partial charge in [-0.25, -0.2) is 15.0 Å². The van der Waals surface area contributed by atoms with Gasteiger partial charge in [0.05, 0.1) is 28.6 Å². The molecule has 0 aliphatic rings. The number of H-pyrrole nitrogens is 2. The Balaban J connectivity index is 1.20. The third-order valence-corrected chi connectivity index (χ3v) is 6.75. The number of benzene rings is 2. The van der Waals surface area contributed by atoms with Crippen LogP contribution in [0.4, 0.5) is 0 Å². The normalized spacial score (nSPS) is 11.5. The van der Waals surface area contributed by atoms with Crippen LogP contribution in [0.1, 0.15) is 16.8 Å². The lowest BCUT2D eigenvalue weighted by atomic mass is 10.1. The SMILES string of the molecule is Cc1cn(-c2cccc3[nH]c(-c4n[nH]c5ncc(-c6cncc(CNCc7ccccc7)c6)cc45)nc23)cn1. The molecule has 0 aliphatic heterocycles. The quantitative estimate of drug-likeness (QED) is 0.266. The molecule has 5 aromatic heterocycles. The molecule has 0 spiro atoms. The van der Waals surface area contributed by atoms with Crippen LogP contribution in [0.25, 0.3) is 50.4 Å². The van der Waals surface area contributed by atoms with E-state index in [-0.39, 0.29) is 0 Å². The van der Waals surface area contributed by atoms with Gasteiger partial charge in [0.2, 0.25) is 0 Å². The van der Waals surface area contributed by atoms with E-state index in [9.17, 15) is 0 Å². The second kappa shape index (κ2) is 9.62. The fourth-order valence-corrected chi connectivity index (χ4v) is 4.82. The molecular weight excluding hydrogens is 486 g/mol. The van der Waals surface area contributed by atoms with Crippen molar-refractivity contribution in [3.05, 3.63) is 109 Å². The Morgan fingerprint density at radius 2 is 1.74 bits per heavy atom. The lowest BCUT2D eigenvalue weighted by Gasteiger charge is -2.07. The van der Waals surface area contributed by atoms with Gasteiger partial charge in [0.15, 0.2) is 11.5 Å². The van der Waals surface area contributed by atoms with E-state index in [1.807, 2.05) is 60.5 Å². The highest BCUT2D eigenvalue weighted by molar-refractivity contribution is 5.94. The molecule has 0 unspecified atom stereocenters. The molecule has 190 valence electrons. The summed E-state index contributed by atoms with van der Waals surface area (Å²) in [6, 6.07) is 20.7. The van der Waals surface area contributed by atoms with Crippen LogP contribution in [-0.2, 0) is 13.1 Å². The Morgan fingerprint density at radius 1 is 0.872 bits per heavy atom. The maximum atomic E-state index is 4.93. The van der Waals surface area contributed by atoms with Gasteiger partial charge in [0.1, 0.15) is 11.2 Å². The van der Waals surface area contributed by atoms with E-state index >= 15 is 0 Å². The third kappa shape index (κ3) is 4.45. The smallest absolute Gasteiger partial charge is 0.159 e. The predicted molar refractivity (Wildman–Crippen MR) is 151 cm³/mol. The van der Waals surface area contributed by atoms with Crippen LogP contribution in [0.3, 0.4) is 0 Å². The van der Waals surface area contributed by atoms with Gasteiger partial charge in [-0.3, -0.25) is 10.1 Å². The average molecular weight is 512 g/mol. The zero-order chi connectivity index (χ0) is 26.2. The molecule has 0 bridgehead atoms.